The topological polar surface area (TPSA) is 228 Å². The lowest BCUT2D eigenvalue weighted by Crippen LogP contribution is -2.71. The van der Waals surface area contributed by atoms with Crippen LogP contribution in [-0.2, 0) is 30.6 Å². The van der Waals surface area contributed by atoms with Gasteiger partial charge in [0, 0.05) is 16.9 Å². The molecule has 0 aromatic carbocycles. The second kappa shape index (κ2) is 10.5. The average Bonchev–Trinajstić information content (AvgIpc) is 3.46. The highest BCUT2D eigenvalue weighted by Crippen LogP contribution is 2.41. The van der Waals surface area contributed by atoms with Gasteiger partial charge in [0.15, 0.2) is 10.8 Å². The van der Waals surface area contributed by atoms with E-state index in [9.17, 15) is 24.3 Å². The van der Waals surface area contributed by atoms with Crippen molar-refractivity contribution in [3.63, 3.8) is 0 Å². The van der Waals surface area contributed by atoms with Crippen LogP contribution in [0.1, 0.15) is 5.69 Å². The summed E-state index contributed by atoms with van der Waals surface area (Å²) in [5.41, 5.74) is 5.84. The summed E-state index contributed by atoms with van der Waals surface area (Å²) in [4.78, 5) is 58.6. The molecule has 2 aromatic heterocycles. The fraction of sp³-hybridized carbons (Fsp3) is 0.353. The highest BCUT2D eigenvalue weighted by molar-refractivity contribution is 8.01. The van der Waals surface area contributed by atoms with Crippen LogP contribution >= 0.6 is 34.9 Å². The standard InChI is InChI=1S/C17H17N9O7S3/c1-33-22-9(7-5-35-16(18)19-7)12(29)20-10-13(30)26-11(15(31)32)6(3-34-14(10)26)4-36-17-21-23-24-25(17)2-8(27)28/h5,10,14H,2-4H2,1H3,(H2,18,19)(H,20,29)(H,27,28)(H,31,32)/t10?,14-/m1/s1. The van der Waals surface area contributed by atoms with Crippen LogP contribution in [0.5, 0.6) is 0 Å². The number of hydrogen-bond donors (Lipinski definition) is 4. The molecular weight excluding hydrogens is 538 g/mol. The number of tetrazole rings is 1. The maximum absolute atomic E-state index is 12.9. The SMILES string of the molecule is CON=C(C(=O)NC1C(=O)N2C(C(=O)O)=C(CSc3nnnn3CC(=O)O)CS[C@H]12)c1csc(N)n1. The van der Waals surface area contributed by atoms with Crippen LogP contribution in [0.15, 0.2) is 27.0 Å². The van der Waals surface area contributed by atoms with Crippen LogP contribution in [0.3, 0.4) is 0 Å². The summed E-state index contributed by atoms with van der Waals surface area (Å²) in [7, 11) is 1.25. The molecule has 0 radical (unpaired) electrons. The van der Waals surface area contributed by atoms with Crippen LogP contribution in [0, 0.1) is 0 Å². The quantitative estimate of drug-likeness (QED) is 0.115. The van der Waals surface area contributed by atoms with E-state index in [2.05, 4.69) is 31.0 Å². The lowest BCUT2D eigenvalue weighted by Gasteiger charge is -2.49. The van der Waals surface area contributed by atoms with Crippen molar-refractivity contribution in [3.05, 3.63) is 22.3 Å². The van der Waals surface area contributed by atoms with Gasteiger partial charge < -0.3 is 26.1 Å². The van der Waals surface area contributed by atoms with Crippen molar-refractivity contribution in [2.75, 3.05) is 24.3 Å². The first-order valence-corrected chi connectivity index (χ1v) is 12.8. The molecule has 2 amide bonds. The number of thioether (sulfide) groups is 2. The minimum absolute atomic E-state index is 0.109. The predicted molar refractivity (Wildman–Crippen MR) is 126 cm³/mol. The van der Waals surface area contributed by atoms with Gasteiger partial charge in [-0.15, -0.1) is 28.2 Å². The number of fused-ring (bicyclic) bond motifs is 1. The summed E-state index contributed by atoms with van der Waals surface area (Å²) in [5.74, 6) is -3.42. The number of aliphatic carboxylic acids is 2. The van der Waals surface area contributed by atoms with Gasteiger partial charge in [-0.05, 0) is 16.0 Å². The van der Waals surface area contributed by atoms with Gasteiger partial charge >= 0.3 is 11.9 Å². The van der Waals surface area contributed by atoms with Crippen molar-refractivity contribution in [1.29, 1.82) is 0 Å². The second-order valence-electron chi connectivity index (χ2n) is 7.11. The fourth-order valence-corrected chi connectivity index (χ4v) is 6.28. The Hall–Kier alpha value is -3.71. The number of carbonyl (C=O) groups is 4. The number of hydrogen-bond acceptors (Lipinski definition) is 14. The smallest absolute Gasteiger partial charge is 0.352 e. The molecule has 1 saturated heterocycles. The van der Waals surface area contributed by atoms with E-state index < -0.39 is 41.7 Å². The number of carboxylic acids is 2. The zero-order valence-electron chi connectivity index (χ0n) is 18.2. The molecule has 2 atom stereocenters. The Bertz CT molecular complexity index is 1290. The summed E-state index contributed by atoms with van der Waals surface area (Å²) in [6.45, 7) is -0.454. The molecule has 0 saturated carbocycles. The monoisotopic (exact) mass is 555 g/mol. The van der Waals surface area contributed by atoms with Gasteiger partial charge in [-0.1, -0.05) is 16.9 Å². The molecular formula is C17H17N9O7S3. The number of nitrogens with two attached hydrogens (primary N) is 1. The zero-order valence-corrected chi connectivity index (χ0v) is 20.7. The minimum Gasteiger partial charge on any atom is -0.480 e. The average molecular weight is 556 g/mol. The predicted octanol–water partition coefficient (Wildman–Crippen LogP) is -1.32. The molecule has 0 spiro atoms. The van der Waals surface area contributed by atoms with Crippen molar-refractivity contribution in [1.82, 2.24) is 35.4 Å². The third kappa shape index (κ3) is 4.97. The molecule has 2 aliphatic heterocycles. The van der Waals surface area contributed by atoms with Crippen molar-refractivity contribution >= 4 is 69.5 Å². The van der Waals surface area contributed by atoms with Gasteiger partial charge in [0.2, 0.25) is 5.16 Å². The first-order valence-electron chi connectivity index (χ1n) is 9.85. The van der Waals surface area contributed by atoms with Crippen LogP contribution in [0.2, 0.25) is 0 Å². The highest BCUT2D eigenvalue weighted by atomic mass is 32.2. The van der Waals surface area contributed by atoms with Crippen molar-refractivity contribution in [2.45, 2.75) is 23.1 Å². The van der Waals surface area contributed by atoms with Crippen molar-refractivity contribution in [3.8, 4) is 0 Å². The lowest BCUT2D eigenvalue weighted by molar-refractivity contribution is -0.150. The van der Waals surface area contributed by atoms with E-state index in [1.54, 1.807) is 0 Å². The van der Waals surface area contributed by atoms with Gasteiger partial charge in [-0.25, -0.2) is 14.5 Å². The van der Waals surface area contributed by atoms with Gasteiger partial charge in [0.05, 0.1) is 0 Å². The Balaban J connectivity index is 1.48. The molecule has 4 heterocycles. The molecule has 2 aliphatic rings. The largest absolute Gasteiger partial charge is 0.480 e. The van der Waals surface area contributed by atoms with E-state index in [4.69, 9.17) is 15.7 Å². The Morgan fingerprint density at radius 3 is 2.81 bits per heavy atom. The van der Waals surface area contributed by atoms with Crippen LogP contribution in [0.25, 0.3) is 0 Å². The molecule has 36 heavy (non-hydrogen) atoms. The molecule has 2 aromatic rings. The van der Waals surface area contributed by atoms with Crippen molar-refractivity contribution in [2.24, 2.45) is 5.16 Å². The normalized spacial score (nSPS) is 19.5. The number of thiazole rings is 1. The number of nitrogen functional groups attached to an aromatic ring is 1. The molecule has 1 fully saturated rings. The summed E-state index contributed by atoms with van der Waals surface area (Å²) >= 11 is 3.42. The minimum atomic E-state index is -1.31. The summed E-state index contributed by atoms with van der Waals surface area (Å²) in [5, 5.41) is 37.1. The summed E-state index contributed by atoms with van der Waals surface area (Å²) < 4.78 is 1.07. The molecule has 190 valence electrons. The number of oxime groups is 1. The lowest BCUT2D eigenvalue weighted by atomic mass is 10.0. The van der Waals surface area contributed by atoms with E-state index in [1.807, 2.05) is 0 Å². The maximum Gasteiger partial charge on any atom is 0.352 e. The van der Waals surface area contributed by atoms with E-state index in [1.165, 1.54) is 24.3 Å². The molecule has 4 rings (SSSR count). The number of carboxylic acid groups (broad SMARTS) is 2. The van der Waals surface area contributed by atoms with E-state index in [-0.39, 0.29) is 38.9 Å². The number of aromatic nitrogens is 5. The fourth-order valence-electron chi connectivity index (χ4n) is 3.37. The number of rotatable bonds is 10. The molecule has 16 nitrogen and oxygen atoms in total. The van der Waals surface area contributed by atoms with E-state index in [0.29, 0.717) is 5.57 Å². The highest BCUT2D eigenvalue weighted by Gasteiger charge is 2.54. The van der Waals surface area contributed by atoms with Gasteiger partial charge in [-0.2, -0.15) is 0 Å². The Morgan fingerprint density at radius 2 is 2.17 bits per heavy atom. The molecule has 0 aliphatic carbocycles. The third-order valence-electron chi connectivity index (χ3n) is 4.86. The third-order valence-corrected chi connectivity index (χ3v) is 7.92. The Kier molecular flexibility index (Phi) is 7.40. The number of β-lactam (4-membered cyclic amide) rings is 1. The van der Waals surface area contributed by atoms with Gasteiger partial charge in [0.25, 0.3) is 11.8 Å². The van der Waals surface area contributed by atoms with Crippen LogP contribution in [0.4, 0.5) is 5.13 Å². The summed E-state index contributed by atoms with van der Waals surface area (Å²) in [6, 6.07) is -0.994. The van der Waals surface area contributed by atoms with Gasteiger partial charge in [-0.3, -0.25) is 19.3 Å². The van der Waals surface area contributed by atoms with Gasteiger partial charge in [0.1, 0.15) is 36.5 Å². The number of amides is 2. The molecule has 5 N–H and O–H groups in total. The molecule has 0 bridgehead atoms. The van der Waals surface area contributed by atoms with E-state index >= 15 is 0 Å². The van der Waals surface area contributed by atoms with Crippen LogP contribution < -0.4 is 11.1 Å². The summed E-state index contributed by atoms with van der Waals surface area (Å²) in [6.07, 6.45) is 0. The molecule has 19 heteroatoms. The second-order valence-corrected chi connectivity index (χ2v) is 10.1. The Morgan fingerprint density at radius 1 is 1.39 bits per heavy atom. The molecule has 1 unspecified atom stereocenters. The number of nitrogens with zero attached hydrogens (tertiary/aromatic N) is 7. The first kappa shape index (κ1) is 25.4. The van der Waals surface area contributed by atoms with E-state index in [0.717, 1.165) is 32.7 Å². The van der Waals surface area contributed by atoms with Crippen molar-refractivity contribution < 1.29 is 34.2 Å². The number of carbonyl (C=O) groups excluding carboxylic acids is 2. The number of nitrogens with one attached hydrogen (secondary N) is 1. The Labute approximate surface area is 213 Å². The number of anilines is 1. The maximum atomic E-state index is 12.9. The zero-order chi connectivity index (χ0) is 26.0. The van der Waals surface area contributed by atoms with Crippen LogP contribution in [-0.4, -0.2) is 99.8 Å². The first-order chi connectivity index (χ1) is 17.2.